The number of carbonyl (C=O) groups excluding carboxylic acids is 1. The highest BCUT2D eigenvalue weighted by atomic mass is 16.1. The summed E-state index contributed by atoms with van der Waals surface area (Å²) in [4.78, 5) is 12.2. The summed E-state index contributed by atoms with van der Waals surface area (Å²) in [5.74, 6) is 0.752. The van der Waals surface area contributed by atoms with Gasteiger partial charge in [-0.05, 0) is 32.2 Å². The molecule has 2 N–H and O–H groups in total. The SMILES string of the molecule is CCCCCCCCCCCCCCCCCCCCCC(=O)C(CC)CCCN. The molecular weight excluding hydrogens is 366 g/mol. The van der Waals surface area contributed by atoms with Crippen molar-refractivity contribution in [2.75, 3.05) is 6.54 Å². The molecule has 2 heteroatoms. The van der Waals surface area contributed by atoms with Crippen molar-refractivity contribution >= 4 is 5.78 Å². The second-order valence-corrected chi connectivity index (χ2v) is 9.62. The Balaban J connectivity index is 3.22. The second kappa shape index (κ2) is 24.9. The first-order valence-electron chi connectivity index (χ1n) is 14.0. The Labute approximate surface area is 190 Å². The molecule has 0 aliphatic rings. The third kappa shape index (κ3) is 20.9. The van der Waals surface area contributed by atoms with E-state index < -0.39 is 0 Å². The summed E-state index contributed by atoms with van der Waals surface area (Å²) in [5, 5.41) is 0. The zero-order chi connectivity index (χ0) is 22.1. The number of nitrogens with two attached hydrogens (primary N) is 1. The molecule has 0 saturated heterocycles. The molecule has 0 radical (unpaired) electrons. The molecule has 0 fully saturated rings. The van der Waals surface area contributed by atoms with Gasteiger partial charge in [-0.2, -0.15) is 0 Å². The van der Waals surface area contributed by atoms with Crippen molar-refractivity contribution in [2.45, 2.75) is 162 Å². The maximum absolute atomic E-state index is 12.2. The zero-order valence-electron chi connectivity index (χ0n) is 21.0. The number of Topliss-reactive ketones (excluding diaryl/α,β-unsaturated/α-hetero) is 1. The van der Waals surface area contributed by atoms with Crippen LogP contribution in [0.1, 0.15) is 162 Å². The molecule has 1 atom stereocenters. The van der Waals surface area contributed by atoms with E-state index >= 15 is 0 Å². The zero-order valence-corrected chi connectivity index (χ0v) is 21.0. The standard InChI is InChI=1S/C28H57NO/c1-3-5-6-7-8-9-10-11-12-13-14-15-16-17-18-19-20-21-22-25-28(30)27(4-2)24-23-26-29/h27H,3-26,29H2,1-2H3. The lowest BCUT2D eigenvalue weighted by molar-refractivity contribution is -0.123. The van der Waals surface area contributed by atoms with Crippen molar-refractivity contribution in [2.24, 2.45) is 11.7 Å². The van der Waals surface area contributed by atoms with Crippen LogP contribution < -0.4 is 5.73 Å². The largest absolute Gasteiger partial charge is 0.330 e. The first-order valence-corrected chi connectivity index (χ1v) is 14.0. The highest BCUT2D eigenvalue weighted by molar-refractivity contribution is 5.80. The molecule has 2 nitrogen and oxygen atoms in total. The average molecular weight is 424 g/mol. The summed E-state index contributed by atoms with van der Waals surface area (Å²) in [6, 6.07) is 0. The van der Waals surface area contributed by atoms with E-state index in [2.05, 4.69) is 13.8 Å². The number of hydrogen-bond acceptors (Lipinski definition) is 2. The molecule has 0 aromatic rings. The number of unbranched alkanes of at least 4 members (excludes halogenated alkanes) is 18. The van der Waals surface area contributed by atoms with Crippen LogP contribution in [0.15, 0.2) is 0 Å². The number of ketones is 1. The molecule has 0 rings (SSSR count). The van der Waals surface area contributed by atoms with Gasteiger partial charge in [-0.15, -0.1) is 0 Å². The van der Waals surface area contributed by atoms with Crippen LogP contribution in [0.2, 0.25) is 0 Å². The predicted molar refractivity (Wildman–Crippen MR) is 135 cm³/mol. The molecule has 30 heavy (non-hydrogen) atoms. The van der Waals surface area contributed by atoms with Crippen molar-refractivity contribution in [3.63, 3.8) is 0 Å². The smallest absolute Gasteiger partial charge is 0.135 e. The van der Waals surface area contributed by atoms with Crippen LogP contribution in [-0.2, 0) is 4.79 Å². The summed E-state index contributed by atoms with van der Waals surface area (Å²) in [6.07, 6.45) is 30.3. The van der Waals surface area contributed by atoms with E-state index in [1.807, 2.05) is 0 Å². The lowest BCUT2D eigenvalue weighted by Gasteiger charge is -2.12. The molecule has 0 amide bonds. The molecule has 180 valence electrons. The number of carbonyl (C=O) groups is 1. The van der Waals surface area contributed by atoms with Crippen LogP contribution in [0.5, 0.6) is 0 Å². The van der Waals surface area contributed by atoms with E-state index in [4.69, 9.17) is 5.73 Å². The topological polar surface area (TPSA) is 43.1 Å². The minimum absolute atomic E-state index is 0.268. The van der Waals surface area contributed by atoms with Crippen LogP contribution in [0, 0.1) is 5.92 Å². The molecule has 0 aromatic carbocycles. The molecule has 0 aliphatic carbocycles. The quantitative estimate of drug-likeness (QED) is 0.149. The van der Waals surface area contributed by atoms with E-state index in [-0.39, 0.29) is 5.92 Å². The predicted octanol–water partition coefficient (Wildman–Crippen LogP) is 9.14. The van der Waals surface area contributed by atoms with Gasteiger partial charge in [0.15, 0.2) is 0 Å². The van der Waals surface area contributed by atoms with Gasteiger partial charge < -0.3 is 5.73 Å². The van der Waals surface area contributed by atoms with Crippen molar-refractivity contribution < 1.29 is 4.79 Å². The van der Waals surface area contributed by atoms with Crippen molar-refractivity contribution in [1.29, 1.82) is 0 Å². The lowest BCUT2D eigenvalue weighted by atomic mass is 9.92. The Morgan fingerprint density at radius 1 is 0.567 bits per heavy atom. The van der Waals surface area contributed by atoms with E-state index in [1.165, 1.54) is 116 Å². The maximum Gasteiger partial charge on any atom is 0.135 e. The summed E-state index contributed by atoms with van der Waals surface area (Å²) >= 11 is 0. The molecule has 1 unspecified atom stereocenters. The van der Waals surface area contributed by atoms with Crippen molar-refractivity contribution in [1.82, 2.24) is 0 Å². The van der Waals surface area contributed by atoms with Gasteiger partial charge in [-0.1, -0.05) is 129 Å². The Morgan fingerprint density at radius 3 is 1.27 bits per heavy atom. The molecule has 0 spiro atoms. The van der Waals surface area contributed by atoms with Gasteiger partial charge in [0.25, 0.3) is 0 Å². The second-order valence-electron chi connectivity index (χ2n) is 9.62. The molecule has 0 saturated carbocycles. The molecular formula is C28H57NO. The van der Waals surface area contributed by atoms with Crippen LogP contribution in [0.25, 0.3) is 0 Å². The van der Waals surface area contributed by atoms with E-state index in [0.29, 0.717) is 12.3 Å². The summed E-state index contributed by atoms with van der Waals surface area (Å²) in [7, 11) is 0. The van der Waals surface area contributed by atoms with Gasteiger partial charge in [-0.25, -0.2) is 0 Å². The maximum atomic E-state index is 12.2. The lowest BCUT2D eigenvalue weighted by Crippen LogP contribution is -2.15. The third-order valence-corrected chi connectivity index (χ3v) is 6.73. The van der Waals surface area contributed by atoms with E-state index in [1.54, 1.807) is 0 Å². The minimum Gasteiger partial charge on any atom is -0.330 e. The van der Waals surface area contributed by atoms with Gasteiger partial charge in [0.05, 0.1) is 0 Å². The molecule has 0 bridgehead atoms. The average Bonchev–Trinajstić information content (AvgIpc) is 2.75. The fraction of sp³-hybridized carbons (Fsp3) is 0.964. The van der Waals surface area contributed by atoms with E-state index in [9.17, 15) is 4.79 Å². The Bertz CT molecular complexity index is 342. The number of rotatable bonds is 25. The first-order chi connectivity index (χ1) is 14.8. The van der Waals surface area contributed by atoms with Gasteiger partial charge >= 0.3 is 0 Å². The van der Waals surface area contributed by atoms with Crippen LogP contribution >= 0.6 is 0 Å². The van der Waals surface area contributed by atoms with E-state index in [0.717, 1.165) is 32.1 Å². The summed E-state index contributed by atoms with van der Waals surface area (Å²) in [6.45, 7) is 5.14. The van der Waals surface area contributed by atoms with Crippen LogP contribution in [-0.4, -0.2) is 12.3 Å². The Hall–Kier alpha value is -0.370. The van der Waals surface area contributed by atoms with Crippen LogP contribution in [0.4, 0.5) is 0 Å². The third-order valence-electron chi connectivity index (χ3n) is 6.73. The Kier molecular flexibility index (Phi) is 24.6. The highest BCUT2D eigenvalue weighted by Gasteiger charge is 2.14. The van der Waals surface area contributed by atoms with Crippen molar-refractivity contribution in [3.05, 3.63) is 0 Å². The normalized spacial score (nSPS) is 12.4. The summed E-state index contributed by atoms with van der Waals surface area (Å²) in [5.41, 5.74) is 5.57. The minimum atomic E-state index is 0.268. The van der Waals surface area contributed by atoms with Crippen molar-refractivity contribution in [3.8, 4) is 0 Å². The summed E-state index contributed by atoms with van der Waals surface area (Å²) < 4.78 is 0. The van der Waals surface area contributed by atoms with Gasteiger partial charge in [0, 0.05) is 12.3 Å². The molecule has 0 aromatic heterocycles. The van der Waals surface area contributed by atoms with Gasteiger partial charge in [-0.3, -0.25) is 4.79 Å². The van der Waals surface area contributed by atoms with Gasteiger partial charge in [0.2, 0.25) is 0 Å². The van der Waals surface area contributed by atoms with Crippen LogP contribution in [0.3, 0.4) is 0 Å². The van der Waals surface area contributed by atoms with Gasteiger partial charge in [0.1, 0.15) is 5.78 Å². The monoisotopic (exact) mass is 423 g/mol. The Morgan fingerprint density at radius 2 is 0.933 bits per heavy atom. The molecule has 0 heterocycles. The fourth-order valence-corrected chi connectivity index (χ4v) is 4.54. The first kappa shape index (κ1) is 29.6. The number of hydrogen-bond donors (Lipinski definition) is 1. The highest BCUT2D eigenvalue weighted by Crippen LogP contribution is 2.17. The molecule has 0 aliphatic heterocycles. The fourth-order valence-electron chi connectivity index (χ4n) is 4.54.